The molecule has 0 saturated heterocycles. The van der Waals surface area contributed by atoms with Crippen molar-refractivity contribution < 1.29 is 4.79 Å². The number of nitrogens with zero attached hydrogens (tertiary/aromatic N) is 1. The highest BCUT2D eigenvalue weighted by molar-refractivity contribution is 8.00. The number of hydrogen-bond donors (Lipinski definition) is 2. The molecule has 0 bridgehead atoms. The number of anilines is 2. The zero-order valence-corrected chi connectivity index (χ0v) is 19.6. The zero-order chi connectivity index (χ0) is 21.6. The van der Waals surface area contributed by atoms with Crippen molar-refractivity contribution in [3.8, 4) is 0 Å². The third-order valence-corrected chi connectivity index (χ3v) is 6.86. The van der Waals surface area contributed by atoms with Gasteiger partial charge in [0.2, 0.25) is 5.91 Å². The number of nitrogen functional groups attached to an aromatic ring is 1. The van der Waals surface area contributed by atoms with Crippen molar-refractivity contribution in [1.82, 2.24) is 4.98 Å². The number of amides is 1. The molecule has 1 unspecified atom stereocenters. The van der Waals surface area contributed by atoms with E-state index < -0.39 is 0 Å². The molecule has 0 aliphatic heterocycles. The number of carbonyl (C=O) groups excluding carboxylic acids is 1. The van der Waals surface area contributed by atoms with E-state index >= 15 is 0 Å². The van der Waals surface area contributed by atoms with Gasteiger partial charge in [0.1, 0.15) is 0 Å². The van der Waals surface area contributed by atoms with Crippen molar-refractivity contribution >= 4 is 39.9 Å². The van der Waals surface area contributed by atoms with Crippen LogP contribution in [0.2, 0.25) is 0 Å². The maximum Gasteiger partial charge on any atom is 0.237 e. The second-order valence-corrected chi connectivity index (χ2v) is 9.38. The van der Waals surface area contributed by atoms with E-state index in [0.29, 0.717) is 5.69 Å². The molecular weight excluding hydrogens is 390 g/mol. The minimum atomic E-state index is 0.00192. The number of benzene rings is 1. The maximum absolute atomic E-state index is 13.1. The molecule has 4 nitrogen and oxygen atoms in total. The number of hydrogen-bond acceptors (Lipinski definition) is 4. The Labute approximate surface area is 186 Å². The third-order valence-electron chi connectivity index (χ3n) is 5.49. The van der Waals surface area contributed by atoms with Gasteiger partial charge in [0.15, 0.2) is 0 Å². The fraction of sp³-hybridized carbons (Fsp3) is 0.600. The minimum Gasteiger partial charge on any atom is -0.397 e. The summed E-state index contributed by atoms with van der Waals surface area (Å²) in [5.74, 6) is 1.16. The van der Waals surface area contributed by atoms with Crippen LogP contribution in [0.1, 0.15) is 84.5 Å². The first-order chi connectivity index (χ1) is 14.7. The summed E-state index contributed by atoms with van der Waals surface area (Å²) in [6.07, 6.45) is 15.1. The van der Waals surface area contributed by atoms with E-state index in [2.05, 4.69) is 24.1 Å². The Hall–Kier alpha value is -1.75. The summed E-state index contributed by atoms with van der Waals surface area (Å²) in [7, 11) is 0. The molecule has 0 aliphatic carbocycles. The molecule has 0 aliphatic rings. The van der Waals surface area contributed by atoms with Gasteiger partial charge in [0.25, 0.3) is 0 Å². The average Bonchev–Trinajstić information content (AvgIpc) is 2.76. The molecule has 0 fully saturated rings. The molecule has 1 heterocycles. The third kappa shape index (κ3) is 8.17. The molecule has 30 heavy (non-hydrogen) atoms. The van der Waals surface area contributed by atoms with Crippen LogP contribution in [0.15, 0.2) is 30.5 Å². The molecule has 3 N–H and O–H groups in total. The van der Waals surface area contributed by atoms with Crippen LogP contribution < -0.4 is 11.1 Å². The van der Waals surface area contributed by atoms with Crippen LogP contribution in [-0.2, 0) is 4.79 Å². The summed E-state index contributed by atoms with van der Waals surface area (Å²) in [5.41, 5.74) is 8.24. The largest absolute Gasteiger partial charge is 0.397 e. The van der Waals surface area contributed by atoms with Crippen molar-refractivity contribution in [2.75, 3.05) is 16.8 Å². The van der Waals surface area contributed by atoms with E-state index in [9.17, 15) is 4.79 Å². The van der Waals surface area contributed by atoms with Crippen molar-refractivity contribution in [3.63, 3.8) is 0 Å². The van der Waals surface area contributed by atoms with Crippen LogP contribution in [0.25, 0.3) is 10.9 Å². The van der Waals surface area contributed by atoms with Crippen LogP contribution in [0, 0.1) is 0 Å². The Morgan fingerprint density at radius 2 is 1.70 bits per heavy atom. The smallest absolute Gasteiger partial charge is 0.237 e. The van der Waals surface area contributed by atoms with Crippen molar-refractivity contribution in [2.45, 2.75) is 89.7 Å². The van der Waals surface area contributed by atoms with Gasteiger partial charge in [-0.15, -0.1) is 11.8 Å². The predicted molar refractivity (Wildman–Crippen MR) is 133 cm³/mol. The Bertz CT molecular complexity index is 765. The highest BCUT2D eigenvalue weighted by Gasteiger charge is 2.19. The molecule has 2 rings (SSSR count). The van der Waals surface area contributed by atoms with E-state index in [1.165, 1.54) is 57.8 Å². The summed E-state index contributed by atoms with van der Waals surface area (Å²) >= 11 is 1.82. The first kappa shape index (κ1) is 24.5. The standard InChI is InChI=1S/C25H39N3OS/c1-3-5-7-9-10-11-15-23(30-19-12-8-6-4-2)25(29)28-22-17-16-21(26)24-20(22)14-13-18-27-24/h13-14,16-18,23H,3-12,15,19,26H2,1-2H3,(H,28,29). The van der Waals surface area contributed by atoms with Gasteiger partial charge in [-0.3, -0.25) is 9.78 Å². The minimum absolute atomic E-state index is 0.00192. The summed E-state index contributed by atoms with van der Waals surface area (Å²) < 4.78 is 0. The average molecular weight is 430 g/mol. The summed E-state index contributed by atoms with van der Waals surface area (Å²) in [5, 5.41) is 4.07. The fourth-order valence-electron chi connectivity index (χ4n) is 3.67. The quantitative estimate of drug-likeness (QED) is 0.232. The van der Waals surface area contributed by atoms with Crippen molar-refractivity contribution in [1.29, 1.82) is 0 Å². The second kappa shape index (κ2) is 14.3. The predicted octanol–water partition coefficient (Wildman–Crippen LogP) is 7.19. The topological polar surface area (TPSA) is 68.0 Å². The number of carbonyl (C=O) groups is 1. The number of aromatic nitrogens is 1. The van der Waals surface area contributed by atoms with Crippen LogP contribution in [-0.4, -0.2) is 21.9 Å². The van der Waals surface area contributed by atoms with Gasteiger partial charge in [0, 0.05) is 11.6 Å². The summed E-state index contributed by atoms with van der Waals surface area (Å²) in [6, 6.07) is 7.57. The van der Waals surface area contributed by atoms with E-state index in [0.717, 1.165) is 35.2 Å². The lowest BCUT2D eigenvalue weighted by atomic mass is 10.1. The molecule has 1 amide bonds. The van der Waals surface area contributed by atoms with Gasteiger partial charge < -0.3 is 11.1 Å². The highest BCUT2D eigenvalue weighted by Crippen LogP contribution is 2.28. The molecule has 2 aromatic rings. The second-order valence-electron chi connectivity index (χ2n) is 8.07. The van der Waals surface area contributed by atoms with Gasteiger partial charge in [-0.05, 0) is 42.9 Å². The molecule has 5 heteroatoms. The molecule has 166 valence electrons. The van der Waals surface area contributed by atoms with Gasteiger partial charge >= 0.3 is 0 Å². The first-order valence-corrected chi connectivity index (χ1v) is 12.8. The Morgan fingerprint density at radius 3 is 2.47 bits per heavy atom. The molecule has 0 radical (unpaired) electrons. The van der Waals surface area contributed by atoms with Gasteiger partial charge in [0.05, 0.1) is 22.1 Å². The summed E-state index contributed by atoms with van der Waals surface area (Å²) in [4.78, 5) is 17.5. The van der Waals surface area contributed by atoms with Crippen LogP contribution in [0.4, 0.5) is 11.4 Å². The van der Waals surface area contributed by atoms with Gasteiger partial charge in [-0.25, -0.2) is 0 Å². The number of nitrogens with one attached hydrogen (secondary N) is 1. The molecule has 1 aromatic carbocycles. The zero-order valence-electron chi connectivity index (χ0n) is 18.8. The van der Waals surface area contributed by atoms with E-state index in [-0.39, 0.29) is 11.2 Å². The monoisotopic (exact) mass is 429 g/mol. The van der Waals surface area contributed by atoms with Crippen LogP contribution >= 0.6 is 11.8 Å². The molecular formula is C25H39N3OS. The normalized spacial score (nSPS) is 12.2. The fourth-order valence-corrected chi connectivity index (χ4v) is 4.87. The lowest BCUT2D eigenvalue weighted by Gasteiger charge is -2.18. The lowest BCUT2D eigenvalue weighted by Crippen LogP contribution is -2.26. The number of rotatable bonds is 15. The Morgan fingerprint density at radius 1 is 1.00 bits per heavy atom. The molecule has 0 saturated carbocycles. The summed E-state index contributed by atoms with van der Waals surface area (Å²) in [6.45, 7) is 4.47. The number of thioether (sulfide) groups is 1. The van der Waals surface area contributed by atoms with Crippen molar-refractivity contribution in [3.05, 3.63) is 30.5 Å². The first-order valence-electron chi connectivity index (χ1n) is 11.7. The Balaban J connectivity index is 1.97. The van der Waals surface area contributed by atoms with E-state index in [1.807, 2.05) is 36.0 Å². The van der Waals surface area contributed by atoms with Crippen LogP contribution in [0.5, 0.6) is 0 Å². The Kier molecular flexibility index (Phi) is 11.7. The van der Waals surface area contributed by atoms with E-state index in [4.69, 9.17) is 5.73 Å². The lowest BCUT2D eigenvalue weighted by molar-refractivity contribution is -0.115. The van der Waals surface area contributed by atoms with Gasteiger partial charge in [-0.2, -0.15) is 0 Å². The van der Waals surface area contributed by atoms with Crippen LogP contribution in [0.3, 0.4) is 0 Å². The van der Waals surface area contributed by atoms with Gasteiger partial charge in [-0.1, -0.05) is 71.6 Å². The number of unbranched alkanes of at least 4 members (excludes halogenated alkanes) is 8. The molecule has 0 spiro atoms. The maximum atomic E-state index is 13.1. The number of nitrogens with two attached hydrogens (primary N) is 1. The molecule has 1 atom stereocenters. The number of pyridine rings is 1. The highest BCUT2D eigenvalue weighted by atomic mass is 32.2. The number of fused-ring (bicyclic) bond motifs is 1. The molecule has 1 aromatic heterocycles. The van der Waals surface area contributed by atoms with E-state index in [1.54, 1.807) is 6.20 Å². The SMILES string of the molecule is CCCCCCCCC(SCCCCCC)C(=O)Nc1ccc(N)c2ncccc12. The van der Waals surface area contributed by atoms with Crippen molar-refractivity contribution in [2.24, 2.45) is 0 Å².